The second-order valence-corrected chi connectivity index (χ2v) is 8.45. The molecule has 1 amide bonds. The van der Waals surface area contributed by atoms with Gasteiger partial charge in [0.25, 0.3) is 0 Å². The molecule has 1 heterocycles. The molecule has 2 fully saturated rings. The Morgan fingerprint density at radius 2 is 1.69 bits per heavy atom. The number of piperidine rings is 1. The van der Waals surface area contributed by atoms with Crippen LogP contribution in [0.25, 0.3) is 0 Å². The summed E-state index contributed by atoms with van der Waals surface area (Å²) in [5, 5.41) is 3.27. The average molecular weight is 398 g/mol. The van der Waals surface area contributed by atoms with Crippen LogP contribution >= 0.6 is 0 Å². The normalized spacial score (nSPS) is 19.9. The number of nitrogens with one attached hydrogen (secondary N) is 1. The van der Waals surface area contributed by atoms with Gasteiger partial charge in [-0.2, -0.15) is 0 Å². The van der Waals surface area contributed by atoms with Crippen molar-refractivity contribution in [3.8, 4) is 0 Å². The van der Waals surface area contributed by atoms with Gasteiger partial charge in [0.05, 0.1) is 5.41 Å². The van der Waals surface area contributed by atoms with Crippen LogP contribution in [0.2, 0.25) is 0 Å². The molecule has 0 aromatic heterocycles. The van der Waals surface area contributed by atoms with E-state index in [9.17, 15) is 13.6 Å². The summed E-state index contributed by atoms with van der Waals surface area (Å²) in [6.45, 7) is 2.60. The Morgan fingerprint density at radius 3 is 2.34 bits per heavy atom. The third-order valence-electron chi connectivity index (χ3n) is 6.51. The maximum atomic E-state index is 13.8. The first-order valence-electron chi connectivity index (χ1n) is 10.6. The number of benzene rings is 2. The fourth-order valence-corrected chi connectivity index (χ4v) is 4.82. The lowest BCUT2D eigenvalue weighted by Crippen LogP contribution is -2.50. The molecule has 1 saturated heterocycles. The summed E-state index contributed by atoms with van der Waals surface area (Å²) in [5.41, 5.74) is 1.32. The van der Waals surface area contributed by atoms with E-state index in [1.54, 1.807) is 6.07 Å². The predicted molar refractivity (Wildman–Crippen MR) is 109 cm³/mol. The molecule has 29 heavy (non-hydrogen) atoms. The summed E-state index contributed by atoms with van der Waals surface area (Å²) in [6, 6.07) is 13.3. The summed E-state index contributed by atoms with van der Waals surface area (Å²) in [6.07, 6.45) is 5.36. The fourth-order valence-electron chi connectivity index (χ4n) is 4.82. The summed E-state index contributed by atoms with van der Waals surface area (Å²) in [5.74, 6) is -0.442. The SMILES string of the molecule is O=C(NC1CCN(Cc2ccc(F)cc2)CC1)C1(c2cccc(F)c2)CCCC1. The molecule has 2 aliphatic rings. The Morgan fingerprint density at radius 1 is 1.00 bits per heavy atom. The van der Waals surface area contributed by atoms with Gasteiger partial charge in [0, 0.05) is 25.7 Å². The van der Waals surface area contributed by atoms with Crippen molar-refractivity contribution in [2.24, 2.45) is 0 Å². The smallest absolute Gasteiger partial charge is 0.230 e. The summed E-state index contributed by atoms with van der Waals surface area (Å²) in [4.78, 5) is 15.6. The lowest BCUT2D eigenvalue weighted by atomic mass is 9.77. The number of nitrogens with zero attached hydrogens (tertiary/aromatic N) is 1. The van der Waals surface area contributed by atoms with Crippen LogP contribution in [0, 0.1) is 11.6 Å². The van der Waals surface area contributed by atoms with Crippen molar-refractivity contribution in [1.82, 2.24) is 10.2 Å². The van der Waals surface area contributed by atoms with E-state index in [0.29, 0.717) is 0 Å². The van der Waals surface area contributed by atoms with E-state index in [0.717, 1.165) is 69.3 Å². The summed E-state index contributed by atoms with van der Waals surface area (Å²) >= 11 is 0. The molecule has 5 heteroatoms. The maximum absolute atomic E-state index is 13.8. The second-order valence-electron chi connectivity index (χ2n) is 8.45. The van der Waals surface area contributed by atoms with Gasteiger partial charge in [-0.05, 0) is 61.1 Å². The zero-order valence-electron chi connectivity index (χ0n) is 16.7. The van der Waals surface area contributed by atoms with E-state index in [2.05, 4.69) is 10.2 Å². The maximum Gasteiger partial charge on any atom is 0.230 e. The highest BCUT2D eigenvalue weighted by molar-refractivity contribution is 5.88. The molecule has 1 N–H and O–H groups in total. The van der Waals surface area contributed by atoms with Gasteiger partial charge in [0.15, 0.2) is 0 Å². The zero-order valence-corrected chi connectivity index (χ0v) is 16.7. The second kappa shape index (κ2) is 8.62. The van der Waals surface area contributed by atoms with Crippen LogP contribution in [-0.2, 0) is 16.8 Å². The van der Waals surface area contributed by atoms with E-state index in [1.165, 1.54) is 24.3 Å². The Bertz CT molecular complexity index is 838. The minimum Gasteiger partial charge on any atom is -0.353 e. The van der Waals surface area contributed by atoms with Crippen molar-refractivity contribution in [1.29, 1.82) is 0 Å². The van der Waals surface area contributed by atoms with Crippen molar-refractivity contribution in [3.05, 3.63) is 71.3 Å². The number of amides is 1. The minimum atomic E-state index is -0.590. The Labute approximate surface area is 171 Å². The van der Waals surface area contributed by atoms with E-state index >= 15 is 0 Å². The number of carbonyl (C=O) groups is 1. The Hall–Kier alpha value is -2.27. The van der Waals surface area contributed by atoms with Crippen LogP contribution in [0.5, 0.6) is 0 Å². The van der Waals surface area contributed by atoms with E-state index in [-0.39, 0.29) is 23.6 Å². The van der Waals surface area contributed by atoms with E-state index in [1.807, 2.05) is 18.2 Å². The monoisotopic (exact) mass is 398 g/mol. The van der Waals surface area contributed by atoms with Gasteiger partial charge in [-0.1, -0.05) is 37.1 Å². The first-order valence-corrected chi connectivity index (χ1v) is 10.6. The summed E-state index contributed by atoms with van der Waals surface area (Å²) < 4.78 is 26.9. The summed E-state index contributed by atoms with van der Waals surface area (Å²) in [7, 11) is 0. The first kappa shape index (κ1) is 20.0. The van der Waals surface area contributed by atoms with Crippen molar-refractivity contribution in [2.45, 2.75) is 56.5 Å². The molecule has 4 rings (SSSR count). The molecule has 3 nitrogen and oxygen atoms in total. The molecule has 0 atom stereocenters. The molecule has 2 aromatic carbocycles. The number of hydrogen-bond acceptors (Lipinski definition) is 2. The molecule has 1 aliphatic carbocycles. The predicted octanol–water partition coefficient (Wildman–Crippen LogP) is 4.56. The zero-order chi connectivity index (χ0) is 20.3. The highest BCUT2D eigenvalue weighted by Gasteiger charge is 2.43. The van der Waals surface area contributed by atoms with Crippen LogP contribution in [-0.4, -0.2) is 29.9 Å². The number of halogens is 2. The molecule has 0 radical (unpaired) electrons. The third kappa shape index (κ3) is 4.50. The topological polar surface area (TPSA) is 32.3 Å². The number of likely N-dealkylation sites (tertiary alicyclic amines) is 1. The van der Waals surface area contributed by atoms with Gasteiger partial charge in [-0.25, -0.2) is 8.78 Å². The molecule has 1 saturated carbocycles. The standard InChI is InChI=1S/C24H28F2N2O/c25-20-8-6-18(7-9-20)17-28-14-10-22(11-15-28)27-23(29)24(12-1-2-13-24)19-4-3-5-21(26)16-19/h3-9,16,22H,1-2,10-15,17H2,(H,27,29). The van der Waals surface area contributed by atoms with Crippen LogP contribution in [0.15, 0.2) is 48.5 Å². The quantitative estimate of drug-likeness (QED) is 0.801. The van der Waals surface area contributed by atoms with Crippen LogP contribution in [0.3, 0.4) is 0 Å². The largest absolute Gasteiger partial charge is 0.353 e. The van der Waals surface area contributed by atoms with Gasteiger partial charge < -0.3 is 5.32 Å². The Kier molecular flexibility index (Phi) is 5.95. The van der Waals surface area contributed by atoms with Gasteiger partial charge in [0.2, 0.25) is 5.91 Å². The van der Waals surface area contributed by atoms with Crippen LogP contribution in [0.1, 0.15) is 49.7 Å². The van der Waals surface area contributed by atoms with Crippen molar-refractivity contribution < 1.29 is 13.6 Å². The number of rotatable bonds is 5. The molecule has 154 valence electrons. The first-order chi connectivity index (χ1) is 14.0. The molecule has 2 aromatic rings. The highest BCUT2D eigenvalue weighted by Crippen LogP contribution is 2.41. The lowest BCUT2D eigenvalue weighted by molar-refractivity contribution is -0.127. The van der Waals surface area contributed by atoms with Gasteiger partial charge in [0.1, 0.15) is 11.6 Å². The molecule has 0 unspecified atom stereocenters. The van der Waals surface area contributed by atoms with Crippen LogP contribution < -0.4 is 5.32 Å². The molecular weight excluding hydrogens is 370 g/mol. The average Bonchev–Trinajstić information content (AvgIpc) is 3.23. The van der Waals surface area contributed by atoms with Crippen molar-refractivity contribution in [2.75, 3.05) is 13.1 Å². The molecule has 0 spiro atoms. The van der Waals surface area contributed by atoms with E-state index < -0.39 is 5.41 Å². The number of hydrogen-bond donors (Lipinski definition) is 1. The van der Waals surface area contributed by atoms with Crippen LogP contribution in [0.4, 0.5) is 8.78 Å². The Balaban J connectivity index is 1.35. The van der Waals surface area contributed by atoms with Crippen molar-refractivity contribution >= 4 is 5.91 Å². The molecule has 1 aliphatic heterocycles. The fraction of sp³-hybridized carbons (Fsp3) is 0.458. The molecular formula is C24H28F2N2O. The third-order valence-corrected chi connectivity index (χ3v) is 6.51. The van der Waals surface area contributed by atoms with Gasteiger partial charge in [-0.3, -0.25) is 9.69 Å². The molecule has 0 bridgehead atoms. The van der Waals surface area contributed by atoms with Crippen molar-refractivity contribution in [3.63, 3.8) is 0 Å². The van der Waals surface area contributed by atoms with E-state index in [4.69, 9.17) is 0 Å². The number of carbonyl (C=O) groups excluding carboxylic acids is 1. The highest BCUT2D eigenvalue weighted by atomic mass is 19.1. The lowest BCUT2D eigenvalue weighted by Gasteiger charge is -2.35. The minimum absolute atomic E-state index is 0.0533. The van der Waals surface area contributed by atoms with Gasteiger partial charge in [-0.15, -0.1) is 0 Å². The van der Waals surface area contributed by atoms with Gasteiger partial charge >= 0.3 is 0 Å².